The van der Waals surface area contributed by atoms with Crippen molar-refractivity contribution in [2.24, 2.45) is 0 Å². The first-order valence-corrected chi connectivity index (χ1v) is 6.65. The summed E-state index contributed by atoms with van der Waals surface area (Å²) in [5.74, 6) is 1.11. The van der Waals surface area contributed by atoms with E-state index in [2.05, 4.69) is 0 Å². The van der Waals surface area contributed by atoms with E-state index in [1.54, 1.807) is 24.3 Å². The van der Waals surface area contributed by atoms with E-state index in [9.17, 15) is 0 Å². The summed E-state index contributed by atoms with van der Waals surface area (Å²) in [5.41, 5.74) is 0.536. The molecule has 0 radical (unpaired) electrons. The highest BCUT2D eigenvalue weighted by molar-refractivity contribution is 6.32. The molecule has 0 saturated carbocycles. The molecule has 1 aromatic carbocycles. The van der Waals surface area contributed by atoms with Crippen LogP contribution in [0.2, 0.25) is 5.02 Å². The fourth-order valence-corrected chi connectivity index (χ4v) is 1.71. The summed E-state index contributed by atoms with van der Waals surface area (Å²) in [6, 6.07) is 6.91. The SMILES string of the molecule is CCCOc1cc(Cl)c(C=C(C#N)C#N)cc1OCC. The molecule has 5 heteroatoms. The molecule has 1 rings (SSSR count). The molecule has 0 saturated heterocycles. The van der Waals surface area contributed by atoms with Crippen molar-refractivity contribution in [2.75, 3.05) is 13.2 Å². The predicted molar refractivity (Wildman–Crippen MR) is 77.6 cm³/mol. The van der Waals surface area contributed by atoms with Crippen LogP contribution in [0.25, 0.3) is 6.08 Å². The number of ether oxygens (including phenoxy) is 2. The van der Waals surface area contributed by atoms with Crippen LogP contribution in [0.3, 0.4) is 0 Å². The third-order valence-corrected chi connectivity index (χ3v) is 2.69. The highest BCUT2D eigenvalue weighted by atomic mass is 35.5. The van der Waals surface area contributed by atoms with Gasteiger partial charge in [0.2, 0.25) is 0 Å². The lowest BCUT2D eigenvalue weighted by atomic mass is 10.1. The van der Waals surface area contributed by atoms with Crippen molar-refractivity contribution in [3.63, 3.8) is 0 Å². The van der Waals surface area contributed by atoms with Gasteiger partial charge < -0.3 is 9.47 Å². The topological polar surface area (TPSA) is 66.0 Å². The van der Waals surface area contributed by atoms with Gasteiger partial charge in [-0.15, -0.1) is 0 Å². The summed E-state index contributed by atoms with van der Waals surface area (Å²) >= 11 is 6.14. The molecule has 0 unspecified atom stereocenters. The summed E-state index contributed by atoms with van der Waals surface area (Å²) in [5, 5.41) is 18.0. The van der Waals surface area contributed by atoms with Gasteiger partial charge in [0.15, 0.2) is 11.5 Å². The maximum absolute atomic E-state index is 8.78. The van der Waals surface area contributed by atoms with E-state index in [1.807, 2.05) is 13.8 Å². The van der Waals surface area contributed by atoms with E-state index >= 15 is 0 Å². The normalized spacial score (nSPS) is 9.25. The van der Waals surface area contributed by atoms with Crippen LogP contribution >= 0.6 is 11.6 Å². The van der Waals surface area contributed by atoms with Gasteiger partial charge in [-0.05, 0) is 31.1 Å². The molecule has 0 heterocycles. The van der Waals surface area contributed by atoms with Crippen LogP contribution in [-0.2, 0) is 0 Å². The molecule has 0 aliphatic carbocycles. The maximum atomic E-state index is 8.78. The standard InChI is InChI=1S/C15H15ClN2O2/c1-3-5-20-15-8-13(16)12(6-11(9-17)10-18)7-14(15)19-4-2/h6-8H,3-5H2,1-2H3. The monoisotopic (exact) mass is 290 g/mol. The fourth-order valence-electron chi connectivity index (χ4n) is 1.50. The first-order chi connectivity index (χ1) is 9.65. The minimum Gasteiger partial charge on any atom is -0.490 e. The lowest BCUT2D eigenvalue weighted by molar-refractivity contribution is 0.277. The maximum Gasteiger partial charge on any atom is 0.162 e. The van der Waals surface area contributed by atoms with Crippen molar-refractivity contribution in [2.45, 2.75) is 20.3 Å². The van der Waals surface area contributed by atoms with Crippen molar-refractivity contribution in [3.8, 4) is 23.6 Å². The fraction of sp³-hybridized carbons (Fsp3) is 0.333. The van der Waals surface area contributed by atoms with E-state index in [0.29, 0.717) is 35.3 Å². The van der Waals surface area contributed by atoms with Gasteiger partial charge in [0.05, 0.1) is 18.2 Å². The Morgan fingerprint density at radius 3 is 2.40 bits per heavy atom. The lowest BCUT2D eigenvalue weighted by Crippen LogP contribution is -2.00. The minimum atomic E-state index is -0.0171. The molecule has 1 aromatic rings. The third kappa shape index (κ3) is 4.19. The van der Waals surface area contributed by atoms with E-state index in [1.165, 1.54) is 6.08 Å². The molecule has 0 atom stereocenters. The van der Waals surface area contributed by atoms with Gasteiger partial charge in [0.1, 0.15) is 17.7 Å². The molecule has 0 aliphatic heterocycles. The van der Waals surface area contributed by atoms with Crippen LogP contribution in [0.1, 0.15) is 25.8 Å². The molecule has 4 nitrogen and oxygen atoms in total. The van der Waals surface area contributed by atoms with Gasteiger partial charge in [0.25, 0.3) is 0 Å². The number of nitriles is 2. The summed E-state index contributed by atoms with van der Waals surface area (Å²) in [6.07, 6.45) is 2.30. The van der Waals surface area contributed by atoms with E-state index in [-0.39, 0.29) is 5.57 Å². The van der Waals surface area contributed by atoms with Crippen LogP contribution in [0.5, 0.6) is 11.5 Å². The Balaban J connectivity index is 3.23. The molecule has 0 N–H and O–H groups in total. The first kappa shape index (κ1) is 15.9. The molecule has 0 aliphatic rings. The average molecular weight is 291 g/mol. The zero-order valence-corrected chi connectivity index (χ0v) is 12.2. The summed E-state index contributed by atoms with van der Waals surface area (Å²) in [6.45, 7) is 4.92. The van der Waals surface area contributed by atoms with Crippen LogP contribution < -0.4 is 9.47 Å². The molecular formula is C15H15ClN2O2. The van der Waals surface area contributed by atoms with Crippen LogP contribution in [0.15, 0.2) is 17.7 Å². The van der Waals surface area contributed by atoms with Crippen LogP contribution in [-0.4, -0.2) is 13.2 Å². The van der Waals surface area contributed by atoms with E-state index in [4.69, 9.17) is 31.6 Å². The van der Waals surface area contributed by atoms with Gasteiger partial charge in [-0.3, -0.25) is 0 Å². The molecule has 0 fully saturated rings. The second kappa shape index (κ2) is 8.09. The summed E-state index contributed by atoms with van der Waals surface area (Å²) < 4.78 is 11.1. The Morgan fingerprint density at radius 1 is 1.20 bits per heavy atom. The number of allylic oxidation sites excluding steroid dienone is 1. The smallest absolute Gasteiger partial charge is 0.162 e. The molecule has 0 amide bonds. The molecule has 0 spiro atoms. The Labute approximate surface area is 123 Å². The Morgan fingerprint density at radius 2 is 1.85 bits per heavy atom. The Bertz CT molecular complexity index is 567. The first-order valence-electron chi connectivity index (χ1n) is 6.27. The van der Waals surface area contributed by atoms with Gasteiger partial charge in [-0.2, -0.15) is 10.5 Å². The van der Waals surface area contributed by atoms with Gasteiger partial charge in [-0.1, -0.05) is 18.5 Å². The zero-order chi connectivity index (χ0) is 15.0. The average Bonchev–Trinajstić information content (AvgIpc) is 2.46. The van der Waals surface area contributed by atoms with Gasteiger partial charge >= 0.3 is 0 Å². The van der Waals surface area contributed by atoms with Crippen molar-refractivity contribution in [3.05, 3.63) is 28.3 Å². The molecule has 104 valence electrons. The molecule has 0 aromatic heterocycles. The third-order valence-electron chi connectivity index (χ3n) is 2.37. The Kier molecular flexibility index (Phi) is 6.43. The second-order valence-corrected chi connectivity index (χ2v) is 4.29. The number of hydrogen-bond donors (Lipinski definition) is 0. The van der Waals surface area contributed by atoms with Gasteiger partial charge in [0, 0.05) is 6.07 Å². The Hall–Kier alpha value is -2.17. The highest BCUT2D eigenvalue weighted by Gasteiger charge is 2.10. The predicted octanol–water partition coefficient (Wildman–Crippen LogP) is 3.96. The minimum absolute atomic E-state index is 0.0171. The number of rotatable bonds is 6. The zero-order valence-electron chi connectivity index (χ0n) is 11.4. The molecule has 0 bridgehead atoms. The van der Waals surface area contributed by atoms with Crippen LogP contribution in [0.4, 0.5) is 0 Å². The van der Waals surface area contributed by atoms with Crippen molar-refractivity contribution in [1.29, 1.82) is 10.5 Å². The summed E-state index contributed by atoms with van der Waals surface area (Å²) in [4.78, 5) is 0. The summed E-state index contributed by atoms with van der Waals surface area (Å²) in [7, 11) is 0. The lowest BCUT2D eigenvalue weighted by Gasteiger charge is -2.13. The number of halogens is 1. The number of hydrogen-bond acceptors (Lipinski definition) is 4. The molecular weight excluding hydrogens is 276 g/mol. The second-order valence-electron chi connectivity index (χ2n) is 3.88. The molecule has 20 heavy (non-hydrogen) atoms. The largest absolute Gasteiger partial charge is 0.490 e. The van der Waals surface area contributed by atoms with Crippen LogP contribution in [0, 0.1) is 22.7 Å². The quantitative estimate of drug-likeness (QED) is 0.744. The number of nitrogens with zero attached hydrogens (tertiary/aromatic N) is 2. The van der Waals surface area contributed by atoms with E-state index in [0.717, 1.165) is 6.42 Å². The van der Waals surface area contributed by atoms with E-state index < -0.39 is 0 Å². The van der Waals surface area contributed by atoms with Gasteiger partial charge in [-0.25, -0.2) is 0 Å². The highest BCUT2D eigenvalue weighted by Crippen LogP contribution is 2.34. The van der Waals surface area contributed by atoms with Crippen molar-refractivity contribution in [1.82, 2.24) is 0 Å². The van der Waals surface area contributed by atoms with Crippen molar-refractivity contribution < 1.29 is 9.47 Å². The number of benzene rings is 1. The van der Waals surface area contributed by atoms with Crippen molar-refractivity contribution >= 4 is 17.7 Å².